The van der Waals surface area contributed by atoms with Crippen LogP contribution in [-0.4, -0.2) is 22.2 Å². The van der Waals surface area contributed by atoms with E-state index in [-0.39, 0.29) is 5.76 Å². The van der Waals surface area contributed by atoms with Gasteiger partial charge in [-0.2, -0.15) is 0 Å². The van der Waals surface area contributed by atoms with Gasteiger partial charge in [-0.15, -0.1) is 0 Å². The Kier molecular flexibility index (Phi) is 5.53. The zero-order valence-electron chi connectivity index (χ0n) is 7.51. The summed E-state index contributed by atoms with van der Waals surface area (Å²) in [5, 5.41) is 16.0. The number of allylic oxidation sites excluding steroid dienone is 1. The average Bonchev–Trinajstić information content (AvgIpc) is 2.56. The molecule has 0 bridgehead atoms. The Morgan fingerprint density at radius 2 is 2.07 bits per heavy atom. The van der Waals surface area contributed by atoms with Crippen LogP contribution in [0, 0.1) is 0 Å². The van der Waals surface area contributed by atoms with Crippen molar-refractivity contribution in [3.05, 3.63) is 36.3 Å². The van der Waals surface area contributed by atoms with Gasteiger partial charge in [-0.3, -0.25) is 0 Å². The van der Waals surface area contributed by atoms with Crippen LogP contribution in [-0.2, 0) is 4.79 Å². The smallest absolute Gasteiger partial charge is 0.371 e. The second kappa shape index (κ2) is 6.47. The molecule has 0 saturated carbocycles. The molecule has 0 aliphatic heterocycles. The molecule has 1 rings (SSSR count). The van der Waals surface area contributed by atoms with Crippen LogP contribution in [0.2, 0.25) is 0 Å². The molecule has 0 spiro atoms. The summed E-state index contributed by atoms with van der Waals surface area (Å²) in [7, 11) is 0. The van der Waals surface area contributed by atoms with Crippen LogP contribution in [0.1, 0.15) is 17.5 Å². The van der Waals surface area contributed by atoms with E-state index in [1.54, 1.807) is 6.92 Å². The number of hydrogen-bond donors (Lipinski definition) is 2. The van der Waals surface area contributed by atoms with Gasteiger partial charge in [0.1, 0.15) is 0 Å². The number of furan rings is 1. The van der Waals surface area contributed by atoms with Gasteiger partial charge in [-0.1, -0.05) is 6.08 Å². The maximum absolute atomic E-state index is 9.97. The predicted octanol–water partition coefficient (Wildman–Crippen LogP) is 1.62. The maximum Gasteiger partial charge on any atom is 0.371 e. The van der Waals surface area contributed by atoms with Crippen LogP contribution in [0.3, 0.4) is 0 Å². The number of rotatable bonds is 2. The van der Waals surface area contributed by atoms with E-state index < -0.39 is 11.9 Å². The van der Waals surface area contributed by atoms with Gasteiger partial charge < -0.3 is 14.6 Å². The summed E-state index contributed by atoms with van der Waals surface area (Å²) in [4.78, 5) is 19.5. The lowest BCUT2D eigenvalue weighted by Crippen LogP contribution is -1.90. The van der Waals surface area contributed by atoms with Gasteiger partial charge in [-0.05, 0) is 19.1 Å². The SMILES string of the molecule is CC=CC(=O)O.O=C(O)c1ccco1. The van der Waals surface area contributed by atoms with E-state index in [2.05, 4.69) is 4.42 Å². The quantitative estimate of drug-likeness (QED) is 0.705. The minimum atomic E-state index is -1.03. The Labute approximate surface area is 80.3 Å². The van der Waals surface area contributed by atoms with Crippen molar-refractivity contribution in [1.82, 2.24) is 0 Å². The number of carboxylic acids is 2. The molecule has 14 heavy (non-hydrogen) atoms. The molecule has 5 nitrogen and oxygen atoms in total. The number of carboxylic acid groups (broad SMARTS) is 2. The lowest BCUT2D eigenvalue weighted by Gasteiger charge is -1.79. The molecule has 5 heteroatoms. The molecule has 1 aromatic rings. The van der Waals surface area contributed by atoms with Crippen molar-refractivity contribution in [2.24, 2.45) is 0 Å². The van der Waals surface area contributed by atoms with E-state index >= 15 is 0 Å². The molecule has 0 atom stereocenters. The molecule has 0 fully saturated rings. The van der Waals surface area contributed by atoms with Gasteiger partial charge in [0.25, 0.3) is 0 Å². The largest absolute Gasteiger partial charge is 0.478 e. The normalized spacial score (nSPS) is 9.21. The third-order valence-corrected chi connectivity index (χ3v) is 1.04. The summed E-state index contributed by atoms with van der Waals surface area (Å²) in [5.74, 6) is -1.95. The summed E-state index contributed by atoms with van der Waals surface area (Å²) in [6.45, 7) is 1.66. The topological polar surface area (TPSA) is 87.7 Å². The van der Waals surface area contributed by atoms with Crippen LogP contribution in [0.5, 0.6) is 0 Å². The van der Waals surface area contributed by atoms with Crippen LogP contribution in [0.15, 0.2) is 35.0 Å². The van der Waals surface area contributed by atoms with Gasteiger partial charge in [-0.25, -0.2) is 9.59 Å². The van der Waals surface area contributed by atoms with Crippen molar-refractivity contribution in [2.45, 2.75) is 6.92 Å². The molecular weight excluding hydrogens is 188 g/mol. The first kappa shape index (κ1) is 12.0. The zero-order valence-corrected chi connectivity index (χ0v) is 7.51. The molecule has 0 radical (unpaired) electrons. The van der Waals surface area contributed by atoms with Crippen molar-refractivity contribution in [1.29, 1.82) is 0 Å². The molecule has 1 heterocycles. The lowest BCUT2D eigenvalue weighted by atomic mass is 10.5. The number of carbonyl (C=O) groups is 2. The van der Waals surface area contributed by atoms with Crippen molar-refractivity contribution < 1.29 is 24.2 Å². The van der Waals surface area contributed by atoms with E-state index in [1.807, 2.05) is 0 Å². The van der Waals surface area contributed by atoms with Crippen LogP contribution in [0.4, 0.5) is 0 Å². The summed E-state index contributed by atoms with van der Waals surface area (Å²) < 4.78 is 4.50. The fraction of sp³-hybridized carbons (Fsp3) is 0.111. The monoisotopic (exact) mass is 198 g/mol. The highest BCUT2D eigenvalue weighted by Crippen LogP contribution is 1.97. The van der Waals surface area contributed by atoms with Gasteiger partial charge in [0.05, 0.1) is 6.26 Å². The standard InChI is InChI=1S/C5H4O3.C4H6O2/c6-5(7)4-2-1-3-8-4;1-2-3-4(5)6/h1-3H,(H,6,7);2-3H,1H3,(H,5,6). The first-order valence-electron chi connectivity index (χ1n) is 3.70. The van der Waals surface area contributed by atoms with Crippen molar-refractivity contribution in [3.8, 4) is 0 Å². The lowest BCUT2D eigenvalue weighted by molar-refractivity contribution is -0.131. The summed E-state index contributed by atoms with van der Waals surface area (Å²) >= 11 is 0. The molecule has 0 unspecified atom stereocenters. The fourth-order valence-corrected chi connectivity index (χ4v) is 0.543. The minimum absolute atomic E-state index is 0.0231. The number of aromatic carboxylic acids is 1. The third-order valence-electron chi connectivity index (χ3n) is 1.04. The number of hydrogen-bond acceptors (Lipinski definition) is 3. The molecule has 76 valence electrons. The molecule has 2 N–H and O–H groups in total. The Bertz CT molecular complexity index is 310. The second-order valence-electron chi connectivity index (χ2n) is 2.12. The van der Waals surface area contributed by atoms with E-state index in [1.165, 1.54) is 24.5 Å². The van der Waals surface area contributed by atoms with Gasteiger partial charge in [0, 0.05) is 6.08 Å². The van der Waals surface area contributed by atoms with Gasteiger partial charge in [0.15, 0.2) is 0 Å². The van der Waals surface area contributed by atoms with Crippen LogP contribution < -0.4 is 0 Å². The fourth-order valence-electron chi connectivity index (χ4n) is 0.543. The van der Waals surface area contributed by atoms with Crippen LogP contribution in [0.25, 0.3) is 0 Å². The van der Waals surface area contributed by atoms with E-state index in [9.17, 15) is 9.59 Å². The Balaban J connectivity index is 0.000000255. The molecule has 1 aromatic heterocycles. The average molecular weight is 198 g/mol. The molecule has 0 saturated heterocycles. The molecular formula is C9H10O5. The van der Waals surface area contributed by atoms with Crippen molar-refractivity contribution >= 4 is 11.9 Å². The minimum Gasteiger partial charge on any atom is -0.478 e. The van der Waals surface area contributed by atoms with Gasteiger partial charge in [0.2, 0.25) is 5.76 Å². The summed E-state index contributed by atoms with van der Waals surface area (Å²) in [6.07, 6.45) is 3.88. The second-order valence-corrected chi connectivity index (χ2v) is 2.12. The van der Waals surface area contributed by atoms with Crippen molar-refractivity contribution in [3.63, 3.8) is 0 Å². The molecule has 0 aliphatic carbocycles. The molecule has 0 aliphatic rings. The molecule has 0 aromatic carbocycles. The highest BCUT2D eigenvalue weighted by molar-refractivity contribution is 5.84. The Morgan fingerprint density at radius 1 is 1.43 bits per heavy atom. The number of aliphatic carboxylic acids is 1. The summed E-state index contributed by atoms with van der Waals surface area (Å²) in [6, 6.07) is 2.92. The van der Waals surface area contributed by atoms with Crippen molar-refractivity contribution in [2.75, 3.05) is 0 Å². The van der Waals surface area contributed by atoms with E-state index in [0.29, 0.717) is 0 Å². The Hall–Kier alpha value is -2.04. The molecule has 0 amide bonds. The maximum atomic E-state index is 9.97. The summed E-state index contributed by atoms with van der Waals surface area (Å²) in [5.41, 5.74) is 0. The predicted molar refractivity (Wildman–Crippen MR) is 48.1 cm³/mol. The third kappa shape index (κ3) is 5.59. The first-order valence-corrected chi connectivity index (χ1v) is 3.70. The zero-order chi connectivity index (χ0) is 11.0. The highest BCUT2D eigenvalue weighted by atomic mass is 16.4. The first-order chi connectivity index (χ1) is 6.57. The van der Waals surface area contributed by atoms with Gasteiger partial charge >= 0.3 is 11.9 Å². The van der Waals surface area contributed by atoms with E-state index in [4.69, 9.17) is 10.2 Å². The highest BCUT2D eigenvalue weighted by Gasteiger charge is 2.01. The Morgan fingerprint density at radius 3 is 2.21 bits per heavy atom. The van der Waals surface area contributed by atoms with Crippen LogP contribution >= 0.6 is 0 Å². The van der Waals surface area contributed by atoms with E-state index in [0.717, 1.165) is 6.08 Å².